The summed E-state index contributed by atoms with van der Waals surface area (Å²) in [5, 5.41) is 12.0. The Bertz CT molecular complexity index is 1080. The lowest BCUT2D eigenvalue weighted by Crippen LogP contribution is -2.41. The second kappa shape index (κ2) is 7.75. The molecule has 1 N–H and O–H groups in total. The number of ketones is 1. The number of Topliss-reactive ketones (excluding diaryl/α,β-unsaturated/α-hetero) is 1. The monoisotopic (exact) mass is 469 g/mol. The Morgan fingerprint density at radius 1 is 1.00 bits per heavy atom. The van der Waals surface area contributed by atoms with Crippen LogP contribution in [-0.2, 0) is 16.9 Å². The van der Waals surface area contributed by atoms with E-state index in [1.54, 1.807) is 54.6 Å². The van der Waals surface area contributed by atoms with Crippen LogP contribution in [0.25, 0.3) is 0 Å². The molecule has 29 heavy (non-hydrogen) atoms. The fourth-order valence-electron chi connectivity index (χ4n) is 3.58. The Labute approximate surface area is 181 Å². The fourth-order valence-corrected chi connectivity index (χ4v) is 3.97. The Balaban J connectivity index is 1.66. The lowest BCUT2D eigenvalue weighted by molar-refractivity contribution is -0.136. The molecule has 1 aliphatic rings. The van der Waals surface area contributed by atoms with Gasteiger partial charge in [0.25, 0.3) is 5.91 Å². The summed E-state index contributed by atoms with van der Waals surface area (Å²) < 4.78 is 0.851. The van der Waals surface area contributed by atoms with Gasteiger partial charge < -0.3 is 10.0 Å². The van der Waals surface area contributed by atoms with Crippen molar-refractivity contribution in [1.82, 2.24) is 0 Å². The van der Waals surface area contributed by atoms with Crippen LogP contribution < -0.4 is 4.90 Å². The van der Waals surface area contributed by atoms with Crippen molar-refractivity contribution < 1.29 is 14.7 Å². The van der Waals surface area contributed by atoms with E-state index in [1.165, 1.54) is 4.90 Å². The Hall–Kier alpha value is -2.47. The van der Waals surface area contributed by atoms with Gasteiger partial charge in [-0.1, -0.05) is 70.0 Å². The first-order chi connectivity index (χ1) is 13.9. The molecule has 0 spiro atoms. The van der Waals surface area contributed by atoms with Crippen molar-refractivity contribution in [3.8, 4) is 0 Å². The number of fused-ring (bicyclic) bond motifs is 1. The van der Waals surface area contributed by atoms with Gasteiger partial charge in [-0.15, -0.1) is 0 Å². The van der Waals surface area contributed by atoms with Crippen molar-refractivity contribution in [3.63, 3.8) is 0 Å². The molecule has 1 atom stereocenters. The highest BCUT2D eigenvalue weighted by Gasteiger charge is 2.50. The summed E-state index contributed by atoms with van der Waals surface area (Å²) in [5.41, 5.74) is 0.486. The van der Waals surface area contributed by atoms with E-state index in [0.717, 1.165) is 10.0 Å². The first-order valence-electron chi connectivity index (χ1n) is 9.05. The zero-order valence-electron chi connectivity index (χ0n) is 15.3. The minimum absolute atomic E-state index is 0.280. The summed E-state index contributed by atoms with van der Waals surface area (Å²) in [4.78, 5) is 27.6. The molecule has 0 aliphatic carbocycles. The average Bonchev–Trinajstić information content (AvgIpc) is 2.92. The molecule has 1 heterocycles. The number of benzene rings is 3. The molecule has 1 amide bonds. The predicted molar refractivity (Wildman–Crippen MR) is 116 cm³/mol. The first-order valence-corrected chi connectivity index (χ1v) is 10.2. The van der Waals surface area contributed by atoms with E-state index in [9.17, 15) is 14.7 Å². The van der Waals surface area contributed by atoms with Crippen LogP contribution >= 0.6 is 27.5 Å². The number of halogens is 2. The number of amides is 1. The molecule has 0 saturated carbocycles. The molecule has 4 nitrogen and oxygen atoms in total. The van der Waals surface area contributed by atoms with E-state index in [4.69, 9.17) is 11.6 Å². The molecular weight excluding hydrogens is 454 g/mol. The maximum atomic E-state index is 13.3. The van der Waals surface area contributed by atoms with Gasteiger partial charge in [0.15, 0.2) is 11.4 Å². The number of hydrogen-bond acceptors (Lipinski definition) is 3. The van der Waals surface area contributed by atoms with Crippen molar-refractivity contribution in [2.45, 2.75) is 18.6 Å². The van der Waals surface area contributed by atoms with Gasteiger partial charge in [0.2, 0.25) is 0 Å². The third kappa shape index (κ3) is 3.73. The second-order valence-electron chi connectivity index (χ2n) is 7.00. The molecule has 4 rings (SSSR count). The average molecular weight is 471 g/mol. The number of rotatable bonds is 5. The van der Waals surface area contributed by atoms with E-state index in [-0.39, 0.29) is 18.7 Å². The Kier molecular flexibility index (Phi) is 5.30. The molecule has 0 saturated heterocycles. The van der Waals surface area contributed by atoms with Crippen molar-refractivity contribution in [1.29, 1.82) is 0 Å². The summed E-state index contributed by atoms with van der Waals surface area (Å²) in [6.07, 6.45) is -0.318. The summed E-state index contributed by atoms with van der Waals surface area (Å²) in [6, 6.07) is 21.1. The molecule has 6 heteroatoms. The molecule has 0 fully saturated rings. The summed E-state index contributed by atoms with van der Waals surface area (Å²) >= 11 is 9.29. The SMILES string of the molecule is O=C(C[C@@]1(O)C(=O)N(Cc2ccc(Cl)cc2)c2ccccc21)c1ccc(Br)cc1. The third-order valence-corrected chi connectivity index (χ3v) is 5.86. The summed E-state index contributed by atoms with van der Waals surface area (Å²) in [6.45, 7) is 0.280. The van der Waals surface area contributed by atoms with Crippen LogP contribution in [0, 0.1) is 0 Å². The molecule has 0 aromatic heterocycles. The molecule has 146 valence electrons. The van der Waals surface area contributed by atoms with Crippen LogP contribution in [0.5, 0.6) is 0 Å². The predicted octanol–water partition coefficient (Wildman–Crippen LogP) is 5.11. The van der Waals surface area contributed by atoms with Gasteiger partial charge in [0.05, 0.1) is 18.7 Å². The largest absolute Gasteiger partial charge is 0.375 e. The molecule has 0 unspecified atom stereocenters. The highest BCUT2D eigenvalue weighted by molar-refractivity contribution is 9.10. The molecule has 3 aromatic rings. The van der Waals surface area contributed by atoms with E-state index in [0.29, 0.717) is 21.8 Å². The molecule has 0 radical (unpaired) electrons. The number of para-hydroxylation sites is 1. The minimum atomic E-state index is -1.90. The number of hydrogen-bond donors (Lipinski definition) is 1. The molecule has 1 aliphatic heterocycles. The van der Waals surface area contributed by atoms with E-state index in [1.807, 2.05) is 18.2 Å². The number of anilines is 1. The lowest BCUT2D eigenvalue weighted by Gasteiger charge is -2.23. The van der Waals surface area contributed by atoms with Crippen molar-refractivity contribution >= 4 is 44.9 Å². The fraction of sp³-hybridized carbons (Fsp3) is 0.130. The maximum Gasteiger partial charge on any atom is 0.264 e. The maximum absolute atomic E-state index is 13.3. The summed E-state index contributed by atoms with van der Waals surface area (Å²) in [5.74, 6) is -0.796. The Morgan fingerprint density at radius 3 is 2.34 bits per heavy atom. The van der Waals surface area contributed by atoms with E-state index < -0.39 is 11.5 Å². The van der Waals surface area contributed by atoms with Crippen molar-refractivity contribution in [3.05, 3.63) is 99.0 Å². The van der Waals surface area contributed by atoms with Crippen molar-refractivity contribution in [2.24, 2.45) is 0 Å². The van der Waals surface area contributed by atoms with Gasteiger partial charge >= 0.3 is 0 Å². The zero-order chi connectivity index (χ0) is 20.6. The van der Waals surface area contributed by atoms with Crippen LogP contribution in [-0.4, -0.2) is 16.8 Å². The Morgan fingerprint density at radius 2 is 1.66 bits per heavy atom. The number of carbonyl (C=O) groups excluding carboxylic acids is 2. The topological polar surface area (TPSA) is 57.6 Å². The highest BCUT2D eigenvalue weighted by Crippen LogP contribution is 2.43. The molecule has 0 bridgehead atoms. The molecular formula is C23H17BrClNO3. The summed E-state index contributed by atoms with van der Waals surface area (Å²) in [7, 11) is 0. The van der Waals surface area contributed by atoms with Gasteiger partial charge in [-0.3, -0.25) is 9.59 Å². The van der Waals surface area contributed by atoms with Crippen LogP contribution in [0.1, 0.15) is 27.9 Å². The second-order valence-corrected chi connectivity index (χ2v) is 8.35. The van der Waals surface area contributed by atoms with Crippen LogP contribution in [0.2, 0.25) is 5.02 Å². The van der Waals surface area contributed by atoms with Gasteiger partial charge in [0, 0.05) is 20.6 Å². The van der Waals surface area contributed by atoms with Crippen LogP contribution in [0.4, 0.5) is 5.69 Å². The number of aliphatic hydroxyl groups is 1. The smallest absolute Gasteiger partial charge is 0.264 e. The molecule has 3 aromatic carbocycles. The van der Waals surface area contributed by atoms with Crippen LogP contribution in [0.15, 0.2) is 77.3 Å². The number of nitrogens with zero attached hydrogens (tertiary/aromatic N) is 1. The minimum Gasteiger partial charge on any atom is -0.375 e. The van der Waals surface area contributed by atoms with E-state index >= 15 is 0 Å². The van der Waals surface area contributed by atoms with E-state index in [2.05, 4.69) is 15.9 Å². The third-order valence-electron chi connectivity index (χ3n) is 5.08. The van der Waals surface area contributed by atoms with Crippen LogP contribution in [0.3, 0.4) is 0 Å². The standard InChI is InChI=1S/C23H17BrClNO3/c24-17-9-7-16(8-10-17)21(27)13-23(29)19-3-1-2-4-20(19)26(22(23)28)14-15-5-11-18(25)12-6-15/h1-12,29H,13-14H2/t23-/m0/s1. The van der Waals surface area contributed by atoms with Crippen molar-refractivity contribution in [2.75, 3.05) is 4.90 Å². The quantitative estimate of drug-likeness (QED) is 0.527. The lowest BCUT2D eigenvalue weighted by atomic mass is 9.88. The van der Waals surface area contributed by atoms with Gasteiger partial charge in [-0.2, -0.15) is 0 Å². The van der Waals surface area contributed by atoms with Gasteiger partial charge in [-0.05, 0) is 35.9 Å². The highest BCUT2D eigenvalue weighted by atomic mass is 79.9. The normalized spacial score (nSPS) is 18.0. The first kappa shape index (κ1) is 19.8. The van der Waals surface area contributed by atoms with Gasteiger partial charge in [-0.25, -0.2) is 0 Å². The number of carbonyl (C=O) groups is 2. The zero-order valence-corrected chi connectivity index (χ0v) is 17.7. The van der Waals surface area contributed by atoms with Gasteiger partial charge in [0.1, 0.15) is 0 Å².